The molecule has 0 aliphatic heterocycles. The van der Waals surface area contributed by atoms with Gasteiger partial charge in [-0.3, -0.25) is 0 Å². The van der Waals surface area contributed by atoms with Crippen molar-refractivity contribution in [2.24, 2.45) is 0 Å². The van der Waals surface area contributed by atoms with Crippen LogP contribution in [0.15, 0.2) is 23.6 Å². The summed E-state index contributed by atoms with van der Waals surface area (Å²) in [7, 11) is 1.51. The molecule has 0 bridgehead atoms. The molecule has 0 saturated carbocycles. The van der Waals surface area contributed by atoms with Gasteiger partial charge in [-0.15, -0.1) is 11.3 Å². The predicted octanol–water partition coefficient (Wildman–Crippen LogP) is 3.71. The van der Waals surface area contributed by atoms with Crippen LogP contribution < -0.4 is 10.1 Å². The Morgan fingerprint density at radius 2 is 2.16 bits per heavy atom. The summed E-state index contributed by atoms with van der Waals surface area (Å²) in [5.74, 6) is 0.541. The lowest BCUT2D eigenvalue weighted by molar-refractivity contribution is 0.369. The zero-order valence-corrected chi connectivity index (χ0v) is 12.4. The van der Waals surface area contributed by atoms with Crippen LogP contribution in [0.1, 0.15) is 16.0 Å². The summed E-state index contributed by atoms with van der Waals surface area (Å²) < 4.78 is 5.08. The molecule has 0 radical (unpaired) electrons. The predicted molar refractivity (Wildman–Crippen MR) is 79.3 cm³/mol. The van der Waals surface area contributed by atoms with Gasteiger partial charge < -0.3 is 15.2 Å². The highest BCUT2D eigenvalue weighted by molar-refractivity contribution is 7.10. The van der Waals surface area contributed by atoms with Crippen LogP contribution in [0.3, 0.4) is 0 Å². The van der Waals surface area contributed by atoms with E-state index in [1.807, 2.05) is 0 Å². The molecular weight excluding hydrogens is 282 g/mol. The third kappa shape index (κ3) is 3.41. The number of ether oxygens (including phenoxy) is 1. The number of hydrogen-bond donors (Lipinski definition) is 2. The summed E-state index contributed by atoms with van der Waals surface area (Å²) in [6, 6.07) is 5.44. The average molecular weight is 298 g/mol. The molecule has 2 aromatic rings. The second-order valence-corrected chi connectivity index (χ2v) is 5.68. The van der Waals surface area contributed by atoms with Crippen LogP contribution in [-0.2, 0) is 13.1 Å². The molecule has 0 unspecified atom stereocenters. The first-order valence-electron chi connectivity index (χ1n) is 5.91. The number of halogens is 1. The molecule has 1 heterocycles. The Morgan fingerprint density at radius 1 is 1.37 bits per heavy atom. The van der Waals surface area contributed by atoms with Crippen LogP contribution in [0.5, 0.6) is 11.5 Å². The molecule has 19 heavy (non-hydrogen) atoms. The van der Waals surface area contributed by atoms with E-state index in [1.165, 1.54) is 17.6 Å². The van der Waals surface area contributed by atoms with Crippen molar-refractivity contribution in [2.75, 3.05) is 7.11 Å². The summed E-state index contributed by atoms with van der Waals surface area (Å²) in [6.45, 7) is 3.41. The topological polar surface area (TPSA) is 41.5 Å². The van der Waals surface area contributed by atoms with Gasteiger partial charge in [-0.25, -0.2) is 0 Å². The number of aryl methyl sites for hydroxylation is 1. The highest BCUT2D eigenvalue weighted by Gasteiger charge is 2.10. The number of phenols is 1. The number of rotatable bonds is 5. The van der Waals surface area contributed by atoms with Crippen LogP contribution in [0, 0.1) is 6.92 Å². The first-order chi connectivity index (χ1) is 9.11. The molecule has 0 fully saturated rings. The Morgan fingerprint density at radius 3 is 2.79 bits per heavy atom. The van der Waals surface area contributed by atoms with Gasteiger partial charge in [-0.2, -0.15) is 0 Å². The second kappa shape index (κ2) is 6.28. The summed E-state index contributed by atoms with van der Waals surface area (Å²) in [5, 5.41) is 15.9. The van der Waals surface area contributed by atoms with E-state index in [1.54, 1.807) is 23.5 Å². The van der Waals surface area contributed by atoms with Crippen molar-refractivity contribution in [1.82, 2.24) is 5.32 Å². The average Bonchev–Trinajstić information content (AvgIpc) is 2.79. The maximum Gasteiger partial charge on any atom is 0.162 e. The van der Waals surface area contributed by atoms with Gasteiger partial charge in [0.15, 0.2) is 11.5 Å². The lowest BCUT2D eigenvalue weighted by Gasteiger charge is -2.10. The lowest BCUT2D eigenvalue weighted by Crippen LogP contribution is -2.12. The first-order valence-corrected chi connectivity index (χ1v) is 7.16. The molecule has 1 aromatic carbocycles. The molecular formula is C14H16ClNO2S. The van der Waals surface area contributed by atoms with Gasteiger partial charge in [0.25, 0.3) is 0 Å². The Labute approximate surface area is 121 Å². The molecule has 3 nitrogen and oxygen atoms in total. The van der Waals surface area contributed by atoms with Gasteiger partial charge in [0, 0.05) is 34.6 Å². The highest BCUT2D eigenvalue weighted by atomic mass is 35.5. The number of methoxy groups -OCH3 is 1. The van der Waals surface area contributed by atoms with E-state index < -0.39 is 0 Å². The van der Waals surface area contributed by atoms with Crippen LogP contribution >= 0.6 is 22.9 Å². The minimum atomic E-state index is 0.141. The fraction of sp³-hybridized carbons (Fsp3) is 0.286. The van der Waals surface area contributed by atoms with Gasteiger partial charge in [0.1, 0.15) is 0 Å². The largest absolute Gasteiger partial charge is 0.504 e. The van der Waals surface area contributed by atoms with E-state index in [0.717, 1.165) is 12.1 Å². The van der Waals surface area contributed by atoms with Crippen LogP contribution in [0.4, 0.5) is 0 Å². The van der Waals surface area contributed by atoms with Crippen molar-refractivity contribution in [3.63, 3.8) is 0 Å². The van der Waals surface area contributed by atoms with Gasteiger partial charge in [-0.1, -0.05) is 11.6 Å². The number of aromatic hydroxyl groups is 1. The molecule has 0 amide bonds. The van der Waals surface area contributed by atoms with Crippen molar-refractivity contribution in [3.8, 4) is 11.5 Å². The Balaban J connectivity index is 2.03. The Kier molecular flexibility index (Phi) is 4.69. The zero-order chi connectivity index (χ0) is 13.8. The maximum absolute atomic E-state index is 10.0. The van der Waals surface area contributed by atoms with Gasteiger partial charge in [0.05, 0.1) is 7.11 Å². The van der Waals surface area contributed by atoms with Crippen LogP contribution in [0.2, 0.25) is 5.02 Å². The highest BCUT2D eigenvalue weighted by Crippen LogP contribution is 2.33. The minimum absolute atomic E-state index is 0.141. The second-order valence-electron chi connectivity index (χ2n) is 4.25. The molecule has 2 N–H and O–H groups in total. The van der Waals surface area contributed by atoms with E-state index in [9.17, 15) is 5.11 Å². The number of hydrogen-bond acceptors (Lipinski definition) is 4. The molecule has 2 rings (SSSR count). The normalized spacial score (nSPS) is 10.7. The van der Waals surface area contributed by atoms with Crippen molar-refractivity contribution >= 4 is 22.9 Å². The van der Waals surface area contributed by atoms with E-state index in [4.69, 9.17) is 16.3 Å². The molecule has 0 saturated heterocycles. The standard InChI is InChI=1S/C14H16ClNO2S/c1-9-3-4-19-13(9)8-16-7-10-5-11(15)6-12(18-2)14(10)17/h3-6,16-17H,7-8H2,1-2H3. The van der Waals surface area contributed by atoms with Crippen molar-refractivity contribution in [2.45, 2.75) is 20.0 Å². The van der Waals surface area contributed by atoms with Crippen molar-refractivity contribution < 1.29 is 9.84 Å². The first kappa shape index (κ1) is 14.2. The molecule has 0 spiro atoms. The third-order valence-electron chi connectivity index (χ3n) is 2.91. The van der Waals surface area contributed by atoms with Crippen molar-refractivity contribution in [1.29, 1.82) is 0 Å². The Hall–Kier alpha value is -1.23. The molecule has 0 atom stereocenters. The van der Waals surface area contributed by atoms with E-state index in [-0.39, 0.29) is 5.75 Å². The van der Waals surface area contributed by atoms with E-state index in [2.05, 4.69) is 23.7 Å². The Bertz CT molecular complexity index is 569. The van der Waals surface area contributed by atoms with Gasteiger partial charge in [0.2, 0.25) is 0 Å². The number of benzene rings is 1. The van der Waals surface area contributed by atoms with Crippen LogP contribution in [-0.4, -0.2) is 12.2 Å². The van der Waals surface area contributed by atoms with E-state index in [0.29, 0.717) is 17.3 Å². The minimum Gasteiger partial charge on any atom is -0.504 e. The smallest absolute Gasteiger partial charge is 0.162 e. The molecule has 5 heteroatoms. The SMILES string of the molecule is COc1cc(Cl)cc(CNCc2sccc2C)c1O. The van der Waals surface area contributed by atoms with Gasteiger partial charge >= 0.3 is 0 Å². The molecule has 102 valence electrons. The monoisotopic (exact) mass is 297 g/mol. The van der Waals surface area contributed by atoms with Crippen molar-refractivity contribution in [3.05, 3.63) is 44.6 Å². The summed E-state index contributed by atoms with van der Waals surface area (Å²) in [5.41, 5.74) is 2.02. The third-order valence-corrected chi connectivity index (χ3v) is 4.15. The fourth-order valence-electron chi connectivity index (χ4n) is 1.81. The number of thiophene rings is 1. The molecule has 0 aliphatic carbocycles. The number of phenolic OH excluding ortho intramolecular Hbond substituents is 1. The summed E-state index contributed by atoms with van der Waals surface area (Å²) in [6.07, 6.45) is 0. The summed E-state index contributed by atoms with van der Waals surface area (Å²) >= 11 is 7.71. The van der Waals surface area contributed by atoms with E-state index >= 15 is 0 Å². The molecule has 0 aliphatic rings. The van der Waals surface area contributed by atoms with Gasteiger partial charge in [-0.05, 0) is 30.0 Å². The lowest BCUT2D eigenvalue weighted by atomic mass is 10.2. The van der Waals surface area contributed by atoms with Crippen LogP contribution in [0.25, 0.3) is 0 Å². The number of nitrogens with one attached hydrogen (secondary N) is 1. The fourth-order valence-corrected chi connectivity index (χ4v) is 2.92. The summed E-state index contributed by atoms with van der Waals surface area (Å²) in [4.78, 5) is 1.30. The zero-order valence-electron chi connectivity index (χ0n) is 10.9. The quantitative estimate of drug-likeness (QED) is 0.884. The maximum atomic E-state index is 10.0. The molecule has 1 aromatic heterocycles.